The van der Waals surface area contributed by atoms with E-state index in [0.717, 1.165) is 57.8 Å². The van der Waals surface area contributed by atoms with Crippen LogP contribution < -0.4 is 4.89 Å². The summed E-state index contributed by atoms with van der Waals surface area (Å²) < 4.78 is 34.5. The summed E-state index contributed by atoms with van der Waals surface area (Å²) in [6.45, 7) is 4.20. The van der Waals surface area contributed by atoms with Crippen molar-refractivity contribution in [3.8, 4) is 0 Å². The molecule has 0 aliphatic heterocycles. The van der Waals surface area contributed by atoms with Gasteiger partial charge in [0, 0.05) is 12.8 Å². The van der Waals surface area contributed by atoms with Crippen LogP contribution in [0.3, 0.4) is 0 Å². The Morgan fingerprint density at radius 3 is 0.878 bits per heavy atom. The van der Waals surface area contributed by atoms with Gasteiger partial charge in [0.25, 0.3) is 7.82 Å². The van der Waals surface area contributed by atoms with E-state index in [1.807, 2.05) is 21.1 Å². The highest BCUT2D eigenvalue weighted by Gasteiger charge is 2.22. The van der Waals surface area contributed by atoms with Gasteiger partial charge in [0.05, 0.1) is 27.7 Å². The van der Waals surface area contributed by atoms with E-state index in [2.05, 4.69) is 74.6 Å². The molecule has 0 saturated carbocycles. The molecule has 2 unspecified atom stereocenters. The Bertz CT molecular complexity index is 1840. The van der Waals surface area contributed by atoms with E-state index in [1.165, 1.54) is 347 Å². The predicted molar refractivity (Wildman–Crippen MR) is 425 cm³/mol. The van der Waals surface area contributed by atoms with E-state index >= 15 is 0 Å². The number of phosphoric acid groups is 1. The van der Waals surface area contributed by atoms with Gasteiger partial charge in [-0.3, -0.25) is 14.2 Å². The van der Waals surface area contributed by atoms with Crippen molar-refractivity contribution in [2.24, 2.45) is 0 Å². The molecular formula is C88H166NO8P. The van der Waals surface area contributed by atoms with Gasteiger partial charge in [-0.05, 0) is 77.0 Å². The molecule has 0 N–H and O–H groups in total. The van der Waals surface area contributed by atoms with Crippen LogP contribution in [0.1, 0.15) is 438 Å². The summed E-state index contributed by atoms with van der Waals surface area (Å²) >= 11 is 0. The van der Waals surface area contributed by atoms with E-state index in [1.54, 1.807) is 0 Å². The number of unbranched alkanes of at least 4 members (excludes halogenated alkanes) is 57. The summed E-state index contributed by atoms with van der Waals surface area (Å²) in [6, 6.07) is 0. The van der Waals surface area contributed by atoms with E-state index in [0.29, 0.717) is 17.4 Å². The zero-order valence-corrected chi connectivity index (χ0v) is 66.9. The summed E-state index contributed by atoms with van der Waals surface area (Å²) in [5, 5.41) is 0. The summed E-state index contributed by atoms with van der Waals surface area (Å²) in [7, 11) is 1.19. The lowest BCUT2D eigenvalue weighted by molar-refractivity contribution is -0.870. The van der Waals surface area contributed by atoms with E-state index in [4.69, 9.17) is 18.5 Å². The molecular weight excluding hydrogens is 1230 g/mol. The Hall–Kier alpha value is -2.29. The van der Waals surface area contributed by atoms with Crippen molar-refractivity contribution in [3.63, 3.8) is 0 Å². The van der Waals surface area contributed by atoms with E-state index < -0.39 is 26.5 Å². The molecule has 0 saturated heterocycles. The van der Waals surface area contributed by atoms with Crippen molar-refractivity contribution in [2.75, 3.05) is 47.5 Å². The van der Waals surface area contributed by atoms with Gasteiger partial charge in [-0.15, -0.1) is 0 Å². The second-order valence-electron chi connectivity index (χ2n) is 30.5. The van der Waals surface area contributed by atoms with Crippen molar-refractivity contribution < 1.29 is 42.1 Å². The lowest BCUT2D eigenvalue weighted by Gasteiger charge is -2.28. The van der Waals surface area contributed by atoms with Crippen LogP contribution in [0.4, 0.5) is 0 Å². The molecule has 2 atom stereocenters. The Morgan fingerprint density at radius 1 is 0.327 bits per heavy atom. The fourth-order valence-electron chi connectivity index (χ4n) is 13.0. The number of carbonyl (C=O) groups is 2. The maximum Gasteiger partial charge on any atom is 0.306 e. The maximum atomic E-state index is 12.9. The second-order valence-corrected chi connectivity index (χ2v) is 31.9. The van der Waals surface area contributed by atoms with Gasteiger partial charge in [-0.2, -0.15) is 0 Å². The zero-order valence-electron chi connectivity index (χ0n) is 66.0. The first-order valence-corrected chi connectivity index (χ1v) is 44.5. The molecule has 0 aromatic rings. The highest BCUT2D eigenvalue weighted by molar-refractivity contribution is 7.45. The Labute approximate surface area is 610 Å². The molecule has 0 bridgehead atoms. The van der Waals surface area contributed by atoms with Gasteiger partial charge in [-0.25, -0.2) is 0 Å². The Morgan fingerprint density at radius 2 is 0.582 bits per heavy atom. The molecule has 0 amide bonds. The monoisotopic (exact) mass is 1400 g/mol. The number of likely N-dealkylation sites (N-methyl/N-ethyl adjacent to an activating group) is 1. The fourth-order valence-corrected chi connectivity index (χ4v) is 13.7. The Kier molecular flexibility index (Phi) is 77.0. The molecule has 0 aromatic carbocycles. The van der Waals surface area contributed by atoms with Gasteiger partial charge < -0.3 is 27.9 Å². The minimum atomic E-state index is -4.65. The molecule has 0 radical (unpaired) electrons. The van der Waals surface area contributed by atoms with Gasteiger partial charge in [0.15, 0.2) is 6.10 Å². The largest absolute Gasteiger partial charge is 0.756 e. The number of carbonyl (C=O) groups excluding carboxylic acids is 2. The maximum absolute atomic E-state index is 12.9. The predicted octanol–water partition coefficient (Wildman–Crippen LogP) is 28.2. The summed E-state index contributed by atoms with van der Waals surface area (Å²) in [5.41, 5.74) is 0. The van der Waals surface area contributed by atoms with Gasteiger partial charge >= 0.3 is 11.9 Å². The topological polar surface area (TPSA) is 111 Å². The SMILES string of the molecule is CC/C=C\C/C=C\C/C=C\C/C=C\CCCCCCCCCCCCCCCCCCCCCCC(=O)OC(COC(=O)CCCCCCCCCCCCCCCCCCCCCCCCCCCCCCC/C=C\CCCCCCCCCC)COP(=O)([O-])OCC[N+](C)(C)C. The van der Waals surface area contributed by atoms with Crippen LogP contribution in [0.5, 0.6) is 0 Å². The van der Waals surface area contributed by atoms with E-state index in [9.17, 15) is 19.0 Å². The quantitative estimate of drug-likeness (QED) is 0.0195. The molecule has 0 rings (SSSR count). The summed E-state index contributed by atoms with van der Waals surface area (Å²) in [4.78, 5) is 38.2. The number of ether oxygens (including phenoxy) is 2. The average Bonchev–Trinajstić information content (AvgIpc) is 1.08. The number of nitrogens with zero attached hydrogens (tertiary/aromatic N) is 1. The van der Waals surface area contributed by atoms with Crippen molar-refractivity contribution in [1.29, 1.82) is 0 Å². The fraction of sp³-hybridized carbons (Fsp3) is 0.864. The standard InChI is InChI=1S/C88H166NO8P/c1-6-8-10-12-14-16-18-20-22-24-26-28-30-32-34-36-38-40-41-42-43-44-45-46-47-49-50-52-54-56-58-60-62-64-66-68-70-72-74-76-78-80-87(90)94-84-86(85-96-98(92,93)95-83-82-89(3,4)5)97-88(91)81-79-77-75-73-71-69-67-65-63-61-59-57-55-53-51-48-39-37-35-33-31-29-27-25-23-21-19-17-15-13-11-9-7-2/h9,11,15,17,21,23-24,26-27,29,86H,6-8,10,12-14,16,18-20,22,25,28,30-85H2,1-5H3/b11-9-,17-15-,23-21-,26-24-,29-27-. The van der Waals surface area contributed by atoms with Crippen LogP contribution in [0, 0.1) is 0 Å². The number of allylic oxidation sites excluding steroid dienone is 10. The highest BCUT2D eigenvalue weighted by atomic mass is 31.2. The lowest BCUT2D eigenvalue weighted by atomic mass is 10.0. The van der Waals surface area contributed by atoms with Gasteiger partial charge in [0.2, 0.25) is 0 Å². The van der Waals surface area contributed by atoms with Crippen LogP contribution in [-0.2, 0) is 32.7 Å². The van der Waals surface area contributed by atoms with Crippen LogP contribution in [0.2, 0.25) is 0 Å². The van der Waals surface area contributed by atoms with Crippen LogP contribution in [0.15, 0.2) is 60.8 Å². The smallest absolute Gasteiger partial charge is 0.306 e. The minimum absolute atomic E-state index is 0.0283. The molecule has 0 spiro atoms. The first-order chi connectivity index (χ1) is 48.0. The number of phosphoric ester groups is 1. The van der Waals surface area contributed by atoms with Crippen LogP contribution in [0.25, 0.3) is 0 Å². The van der Waals surface area contributed by atoms with Crippen LogP contribution in [-0.4, -0.2) is 70.0 Å². The van der Waals surface area contributed by atoms with Crippen LogP contribution >= 0.6 is 7.82 Å². The normalized spacial score (nSPS) is 13.2. The first kappa shape index (κ1) is 95.7. The molecule has 0 fully saturated rings. The van der Waals surface area contributed by atoms with Crippen molar-refractivity contribution >= 4 is 19.8 Å². The highest BCUT2D eigenvalue weighted by Crippen LogP contribution is 2.38. The number of rotatable bonds is 81. The summed E-state index contributed by atoms with van der Waals surface area (Å²) in [6.07, 6.45) is 107. The second kappa shape index (κ2) is 78.8. The van der Waals surface area contributed by atoms with Gasteiger partial charge in [0.1, 0.15) is 19.8 Å². The molecule has 0 aliphatic carbocycles. The molecule has 0 aliphatic rings. The third-order valence-electron chi connectivity index (χ3n) is 19.5. The van der Waals surface area contributed by atoms with Gasteiger partial charge in [-0.1, -0.05) is 408 Å². The molecule has 0 aromatic heterocycles. The van der Waals surface area contributed by atoms with E-state index in [-0.39, 0.29) is 32.0 Å². The van der Waals surface area contributed by atoms with Crippen molar-refractivity contribution in [2.45, 2.75) is 444 Å². The molecule has 9 nitrogen and oxygen atoms in total. The van der Waals surface area contributed by atoms with Crippen molar-refractivity contribution in [1.82, 2.24) is 0 Å². The molecule has 576 valence electrons. The molecule has 0 heterocycles. The average molecular weight is 1400 g/mol. The third-order valence-corrected chi connectivity index (χ3v) is 20.5. The third kappa shape index (κ3) is 82.7. The number of hydrogen-bond acceptors (Lipinski definition) is 8. The number of hydrogen-bond donors (Lipinski definition) is 0. The molecule has 98 heavy (non-hydrogen) atoms. The zero-order chi connectivity index (χ0) is 71.1. The minimum Gasteiger partial charge on any atom is -0.756 e. The Balaban J connectivity index is 3.85. The number of esters is 2. The first-order valence-electron chi connectivity index (χ1n) is 43.0. The molecule has 10 heteroatoms. The van der Waals surface area contributed by atoms with Crippen molar-refractivity contribution in [3.05, 3.63) is 60.8 Å². The summed E-state index contributed by atoms with van der Waals surface area (Å²) in [5.74, 6) is -0.808. The lowest BCUT2D eigenvalue weighted by Crippen LogP contribution is -2.37. The number of quaternary nitrogens is 1.